The van der Waals surface area contributed by atoms with Crippen LogP contribution >= 0.6 is 0 Å². The Labute approximate surface area is 106 Å². The Balaban J connectivity index is 2.82. The van der Waals surface area contributed by atoms with Gasteiger partial charge in [0.25, 0.3) is 5.78 Å². The second kappa shape index (κ2) is 5.93. The fourth-order valence-electron chi connectivity index (χ4n) is 1.85. The van der Waals surface area contributed by atoms with Crippen LogP contribution in [-0.4, -0.2) is 42.8 Å². The van der Waals surface area contributed by atoms with Gasteiger partial charge in [-0.25, -0.2) is 4.79 Å². The molecule has 0 spiro atoms. The molecule has 5 nitrogen and oxygen atoms in total. The van der Waals surface area contributed by atoms with Crippen LogP contribution in [0.4, 0.5) is 0 Å². The lowest BCUT2D eigenvalue weighted by Gasteiger charge is -2.35. The average molecular weight is 254 g/mol. The number of rotatable bonds is 6. The van der Waals surface area contributed by atoms with E-state index >= 15 is 0 Å². The maximum Gasteiger partial charge on any atom is 0.376 e. The molecular weight excluding hydrogens is 236 g/mol. The van der Waals surface area contributed by atoms with E-state index in [2.05, 4.69) is 0 Å². The number of carboxylic acids is 1. The highest BCUT2D eigenvalue weighted by molar-refractivity contribution is 6.39. The number of Topliss-reactive ketones (excluding diaryl/α,β-unsaturated/α-hetero) is 1. The normalized spacial score (nSPS) is 26.8. The van der Waals surface area contributed by atoms with Crippen molar-refractivity contribution < 1.29 is 24.2 Å². The number of ether oxygens (including phenoxy) is 2. The predicted octanol–water partition coefficient (Wildman–Crippen LogP) is 1.19. The number of ketones is 1. The second-order valence-electron chi connectivity index (χ2n) is 4.36. The molecule has 100 valence electrons. The molecule has 1 aliphatic carbocycles. The Morgan fingerprint density at radius 3 is 2.67 bits per heavy atom. The van der Waals surface area contributed by atoms with E-state index in [-0.39, 0.29) is 11.5 Å². The Hall–Kier alpha value is -1.46. The van der Waals surface area contributed by atoms with Gasteiger partial charge in [0.1, 0.15) is 0 Å². The van der Waals surface area contributed by atoms with Gasteiger partial charge in [0.05, 0.1) is 18.8 Å². The molecule has 1 rings (SSSR count). The van der Waals surface area contributed by atoms with E-state index in [0.29, 0.717) is 13.2 Å². The highest BCUT2D eigenvalue weighted by Gasteiger charge is 2.37. The van der Waals surface area contributed by atoms with Crippen LogP contribution in [0.25, 0.3) is 0 Å². The van der Waals surface area contributed by atoms with E-state index in [1.165, 1.54) is 6.08 Å². The minimum Gasteiger partial charge on any atom is -0.475 e. The number of carbonyl (C=O) groups excluding carboxylic acids is 1. The van der Waals surface area contributed by atoms with Crippen LogP contribution in [0.3, 0.4) is 0 Å². The van der Waals surface area contributed by atoms with Gasteiger partial charge in [-0.1, -0.05) is 25.2 Å². The molecule has 0 bridgehead atoms. The zero-order valence-electron chi connectivity index (χ0n) is 10.8. The van der Waals surface area contributed by atoms with Crippen molar-refractivity contribution in [1.29, 1.82) is 0 Å². The third-order valence-electron chi connectivity index (χ3n) is 3.19. The van der Waals surface area contributed by atoms with Crippen molar-refractivity contribution in [2.24, 2.45) is 5.92 Å². The van der Waals surface area contributed by atoms with Gasteiger partial charge in [0.2, 0.25) is 0 Å². The molecule has 0 heterocycles. The van der Waals surface area contributed by atoms with Gasteiger partial charge in [0, 0.05) is 18.6 Å². The Bertz CT molecular complexity index is 396. The molecule has 0 fully saturated rings. The predicted molar refractivity (Wildman–Crippen MR) is 65.3 cm³/mol. The van der Waals surface area contributed by atoms with E-state index in [4.69, 9.17) is 14.6 Å². The third-order valence-corrected chi connectivity index (χ3v) is 3.19. The Morgan fingerprint density at radius 1 is 1.44 bits per heavy atom. The molecule has 0 aliphatic heterocycles. The number of hydrogen-bond acceptors (Lipinski definition) is 4. The highest BCUT2D eigenvalue weighted by Crippen LogP contribution is 2.33. The summed E-state index contributed by atoms with van der Waals surface area (Å²) in [6.45, 7) is 4.44. The number of methoxy groups -OCH3 is 1. The van der Waals surface area contributed by atoms with Crippen LogP contribution in [-0.2, 0) is 19.1 Å². The minimum absolute atomic E-state index is 0.255. The van der Waals surface area contributed by atoms with Crippen molar-refractivity contribution in [3.63, 3.8) is 0 Å². The maximum atomic E-state index is 11.5. The molecule has 5 heteroatoms. The largest absolute Gasteiger partial charge is 0.475 e. The van der Waals surface area contributed by atoms with Gasteiger partial charge in [-0.3, -0.25) is 4.79 Å². The molecule has 1 N–H and O–H groups in total. The van der Waals surface area contributed by atoms with Crippen molar-refractivity contribution in [1.82, 2.24) is 0 Å². The van der Waals surface area contributed by atoms with Gasteiger partial charge < -0.3 is 14.6 Å². The summed E-state index contributed by atoms with van der Waals surface area (Å²) in [4.78, 5) is 22.3. The fraction of sp³-hybridized carbons (Fsp3) is 0.538. The van der Waals surface area contributed by atoms with E-state index < -0.39 is 17.4 Å². The molecule has 0 aromatic rings. The molecule has 2 unspecified atom stereocenters. The molecule has 18 heavy (non-hydrogen) atoms. The van der Waals surface area contributed by atoms with Crippen LogP contribution in [0, 0.1) is 5.92 Å². The molecule has 0 saturated carbocycles. The molecule has 0 radical (unpaired) electrons. The van der Waals surface area contributed by atoms with Gasteiger partial charge >= 0.3 is 5.97 Å². The van der Waals surface area contributed by atoms with Crippen molar-refractivity contribution in [2.45, 2.75) is 19.4 Å². The molecule has 2 atom stereocenters. The third kappa shape index (κ3) is 3.05. The summed E-state index contributed by atoms with van der Waals surface area (Å²) < 4.78 is 10.6. The molecular formula is C13H18O5. The summed E-state index contributed by atoms with van der Waals surface area (Å²) in [7, 11) is 1.57. The number of carboxylic acid groups (broad SMARTS) is 1. The topological polar surface area (TPSA) is 72.8 Å². The van der Waals surface area contributed by atoms with Crippen LogP contribution in [0.15, 0.2) is 23.8 Å². The zero-order valence-corrected chi connectivity index (χ0v) is 10.8. The highest BCUT2D eigenvalue weighted by atomic mass is 16.5. The van der Waals surface area contributed by atoms with Gasteiger partial charge in [-0.15, -0.1) is 0 Å². The summed E-state index contributed by atoms with van der Waals surface area (Å²) in [5.41, 5.74) is -0.432. The lowest BCUT2D eigenvalue weighted by Crippen LogP contribution is -2.40. The maximum absolute atomic E-state index is 11.5. The van der Waals surface area contributed by atoms with E-state index in [9.17, 15) is 9.59 Å². The summed E-state index contributed by atoms with van der Waals surface area (Å²) in [6, 6.07) is 0. The summed E-state index contributed by atoms with van der Waals surface area (Å²) >= 11 is 0. The SMILES string of the molecule is COCCOC1(C)C=CC=C(C(=O)C(=O)O)C1C. The molecule has 0 amide bonds. The quantitative estimate of drug-likeness (QED) is 0.569. The summed E-state index contributed by atoms with van der Waals surface area (Å²) in [5.74, 6) is -2.64. The van der Waals surface area contributed by atoms with Crippen molar-refractivity contribution >= 4 is 11.8 Å². The van der Waals surface area contributed by atoms with Crippen LogP contribution < -0.4 is 0 Å². The summed E-state index contributed by atoms with van der Waals surface area (Å²) in [5, 5.41) is 8.76. The van der Waals surface area contributed by atoms with Crippen LogP contribution in [0.1, 0.15) is 13.8 Å². The smallest absolute Gasteiger partial charge is 0.376 e. The Morgan fingerprint density at radius 2 is 2.11 bits per heavy atom. The number of allylic oxidation sites excluding steroid dienone is 2. The molecule has 1 aliphatic rings. The van der Waals surface area contributed by atoms with Gasteiger partial charge in [0.15, 0.2) is 0 Å². The molecule has 0 saturated heterocycles. The monoisotopic (exact) mass is 254 g/mol. The minimum atomic E-state index is -1.44. The Kier molecular flexibility index (Phi) is 4.81. The molecule has 0 aromatic heterocycles. The first kappa shape index (κ1) is 14.6. The second-order valence-corrected chi connectivity index (χ2v) is 4.36. The fourth-order valence-corrected chi connectivity index (χ4v) is 1.85. The first-order valence-corrected chi connectivity index (χ1v) is 5.72. The average Bonchev–Trinajstić information content (AvgIpc) is 2.32. The number of carbonyl (C=O) groups is 2. The van der Waals surface area contributed by atoms with E-state index in [1.54, 1.807) is 20.1 Å². The lowest BCUT2D eigenvalue weighted by atomic mass is 9.79. The van der Waals surface area contributed by atoms with Gasteiger partial charge in [-0.05, 0) is 6.92 Å². The van der Waals surface area contributed by atoms with E-state index in [1.807, 2.05) is 13.0 Å². The van der Waals surface area contributed by atoms with E-state index in [0.717, 1.165) is 0 Å². The van der Waals surface area contributed by atoms with Crippen molar-refractivity contribution in [3.8, 4) is 0 Å². The van der Waals surface area contributed by atoms with Crippen LogP contribution in [0.2, 0.25) is 0 Å². The van der Waals surface area contributed by atoms with Gasteiger partial charge in [-0.2, -0.15) is 0 Å². The zero-order chi connectivity index (χ0) is 13.8. The standard InChI is InChI=1S/C13H18O5/c1-9-10(11(14)12(15)16)5-4-6-13(9,2)18-8-7-17-3/h4-6,9H,7-8H2,1-3H3,(H,15,16). The summed E-state index contributed by atoms with van der Waals surface area (Å²) in [6.07, 6.45) is 5.01. The van der Waals surface area contributed by atoms with Crippen LogP contribution in [0.5, 0.6) is 0 Å². The lowest BCUT2D eigenvalue weighted by molar-refractivity contribution is -0.148. The first-order valence-electron chi connectivity index (χ1n) is 5.72. The molecule has 0 aromatic carbocycles. The number of aliphatic carboxylic acids is 1. The van der Waals surface area contributed by atoms with Crippen molar-refractivity contribution in [2.75, 3.05) is 20.3 Å². The first-order chi connectivity index (χ1) is 8.42. The van der Waals surface area contributed by atoms with Crippen molar-refractivity contribution in [3.05, 3.63) is 23.8 Å². The number of hydrogen-bond donors (Lipinski definition) is 1.